The topological polar surface area (TPSA) is 106 Å². The fraction of sp³-hybridized carbons (Fsp3) is 0.120. The summed E-state index contributed by atoms with van der Waals surface area (Å²) in [7, 11) is 0. The highest BCUT2D eigenvalue weighted by molar-refractivity contribution is 9.10. The minimum absolute atomic E-state index is 0.226. The summed E-state index contributed by atoms with van der Waals surface area (Å²) >= 11 is 3.35. The van der Waals surface area contributed by atoms with Crippen LogP contribution in [-0.4, -0.2) is 30.6 Å². The monoisotopic (exact) mass is 523 g/mol. The van der Waals surface area contributed by atoms with E-state index in [1.165, 1.54) is 6.21 Å². The molecule has 0 atom stereocenters. The van der Waals surface area contributed by atoms with Gasteiger partial charge in [0.05, 0.1) is 18.4 Å². The van der Waals surface area contributed by atoms with Gasteiger partial charge in [-0.1, -0.05) is 34.1 Å². The largest absolute Gasteiger partial charge is 0.494 e. The Morgan fingerprint density at radius 3 is 2.44 bits per heavy atom. The van der Waals surface area contributed by atoms with Crippen molar-refractivity contribution < 1.29 is 23.9 Å². The molecule has 174 valence electrons. The van der Waals surface area contributed by atoms with Crippen LogP contribution in [0.3, 0.4) is 0 Å². The van der Waals surface area contributed by atoms with E-state index in [1.807, 2.05) is 26.0 Å². The summed E-state index contributed by atoms with van der Waals surface area (Å²) in [5.41, 5.74) is 4.27. The number of para-hydroxylation sites is 1. The number of anilines is 1. The zero-order valence-electron chi connectivity index (χ0n) is 18.5. The number of nitrogens with zero attached hydrogens (tertiary/aromatic N) is 1. The van der Waals surface area contributed by atoms with Crippen LogP contribution in [0.1, 0.15) is 28.4 Å². The molecule has 3 rings (SSSR count). The van der Waals surface area contributed by atoms with Gasteiger partial charge in [-0.05, 0) is 67.9 Å². The Morgan fingerprint density at radius 2 is 1.74 bits per heavy atom. The van der Waals surface area contributed by atoms with E-state index >= 15 is 0 Å². The highest BCUT2D eigenvalue weighted by Crippen LogP contribution is 2.23. The van der Waals surface area contributed by atoms with Crippen molar-refractivity contribution in [2.75, 3.05) is 11.9 Å². The lowest BCUT2D eigenvalue weighted by Crippen LogP contribution is -2.32. The SMILES string of the molecule is CCOc1ccc(C(=O)Oc2ccc(Br)cc2/C=N/NC(=O)C(=O)Nc2ccccc2C)cc1. The lowest BCUT2D eigenvalue weighted by molar-refractivity contribution is -0.136. The third-order valence-electron chi connectivity index (χ3n) is 4.54. The van der Waals surface area contributed by atoms with Crippen molar-refractivity contribution in [2.45, 2.75) is 13.8 Å². The van der Waals surface area contributed by atoms with Gasteiger partial charge >= 0.3 is 17.8 Å². The Labute approximate surface area is 205 Å². The molecular formula is C25H22BrN3O5. The number of hydrogen-bond acceptors (Lipinski definition) is 6. The van der Waals surface area contributed by atoms with Crippen molar-refractivity contribution in [3.8, 4) is 11.5 Å². The zero-order valence-corrected chi connectivity index (χ0v) is 20.1. The Balaban J connectivity index is 1.66. The maximum absolute atomic E-state index is 12.6. The average Bonchev–Trinajstić information content (AvgIpc) is 2.82. The summed E-state index contributed by atoms with van der Waals surface area (Å²) in [6.45, 7) is 4.21. The van der Waals surface area contributed by atoms with Gasteiger partial charge in [0.2, 0.25) is 0 Å². The van der Waals surface area contributed by atoms with Crippen LogP contribution in [0, 0.1) is 6.92 Å². The third-order valence-corrected chi connectivity index (χ3v) is 5.04. The number of hydrazone groups is 1. The van der Waals surface area contributed by atoms with Gasteiger partial charge in [-0.3, -0.25) is 9.59 Å². The van der Waals surface area contributed by atoms with Crippen LogP contribution in [0.5, 0.6) is 11.5 Å². The molecule has 34 heavy (non-hydrogen) atoms. The predicted octanol–water partition coefficient (Wildman–Crippen LogP) is 4.46. The molecule has 0 saturated carbocycles. The Hall–Kier alpha value is -3.98. The zero-order chi connectivity index (χ0) is 24.5. The molecular weight excluding hydrogens is 502 g/mol. The first kappa shape index (κ1) is 24.7. The fourth-order valence-electron chi connectivity index (χ4n) is 2.83. The van der Waals surface area contributed by atoms with Crippen molar-refractivity contribution in [3.05, 3.63) is 87.9 Å². The molecule has 2 amide bonds. The molecule has 8 nitrogen and oxygen atoms in total. The number of hydrogen-bond donors (Lipinski definition) is 2. The number of ether oxygens (including phenoxy) is 2. The highest BCUT2D eigenvalue weighted by Gasteiger charge is 2.15. The summed E-state index contributed by atoms with van der Waals surface area (Å²) < 4.78 is 11.6. The number of carbonyl (C=O) groups is 3. The Morgan fingerprint density at radius 1 is 1.00 bits per heavy atom. The number of halogens is 1. The number of aryl methyl sites for hydroxylation is 1. The van der Waals surface area contributed by atoms with E-state index in [0.29, 0.717) is 33.6 Å². The van der Waals surface area contributed by atoms with Crippen LogP contribution in [0.2, 0.25) is 0 Å². The standard InChI is InChI=1S/C25H22BrN3O5/c1-3-33-20-11-8-17(9-12-20)25(32)34-22-13-10-19(26)14-18(22)15-27-29-24(31)23(30)28-21-7-5-4-6-16(21)2/h4-15H,3H2,1-2H3,(H,28,30)(H,29,31)/b27-15+. The highest BCUT2D eigenvalue weighted by atomic mass is 79.9. The molecule has 0 fully saturated rings. The molecule has 0 aliphatic rings. The van der Waals surface area contributed by atoms with Crippen LogP contribution in [0.4, 0.5) is 5.69 Å². The van der Waals surface area contributed by atoms with Gasteiger partial charge in [0, 0.05) is 15.7 Å². The molecule has 0 bridgehead atoms. The second-order valence-corrected chi connectivity index (χ2v) is 7.91. The average molecular weight is 524 g/mol. The number of amides is 2. The molecule has 0 saturated heterocycles. The van der Waals surface area contributed by atoms with Gasteiger partial charge in [-0.25, -0.2) is 10.2 Å². The number of carbonyl (C=O) groups excluding carboxylic acids is 3. The predicted molar refractivity (Wildman–Crippen MR) is 132 cm³/mol. The summed E-state index contributed by atoms with van der Waals surface area (Å²) in [6.07, 6.45) is 1.28. The van der Waals surface area contributed by atoms with E-state index in [0.717, 1.165) is 5.56 Å². The van der Waals surface area contributed by atoms with E-state index < -0.39 is 17.8 Å². The molecule has 0 aromatic heterocycles. The normalized spacial score (nSPS) is 10.6. The van der Waals surface area contributed by atoms with E-state index in [4.69, 9.17) is 9.47 Å². The molecule has 3 aromatic rings. The second-order valence-electron chi connectivity index (χ2n) is 7.00. The molecule has 0 spiro atoms. The van der Waals surface area contributed by atoms with Crippen molar-refractivity contribution >= 4 is 45.6 Å². The van der Waals surface area contributed by atoms with Gasteiger partial charge in [-0.2, -0.15) is 5.10 Å². The van der Waals surface area contributed by atoms with E-state index in [9.17, 15) is 14.4 Å². The van der Waals surface area contributed by atoms with Gasteiger partial charge in [0.15, 0.2) is 0 Å². The maximum atomic E-state index is 12.6. The van der Waals surface area contributed by atoms with Crippen LogP contribution in [-0.2, 0) is 9.59 Å². The van der Waals surface area contributed by atoms with Gasteiger partial charge in [0.1, 0.15) is 11.5 Å². The van der Waals surface area contributed by atoms with E-state index in [1.54, 1.807) is 54.6 Å². The Bertz CT molecular complexity index is 1230. The van der Waals surface area contributed by atoms with Crippen LogP contribution in [0.15, 0.2) is 76.3 Å². The molecule has 0 aliphatic carbocycles. The lowest BCUT2D eigenvalue weighted by Gasteiger charge is -2.09. The number of benzene rings is 3. The number of rotatable bonds is 7. The summed E-state index contributed by atoms with van der Waals surface area (Å²) in [5, 5.41) is 6.35. The smallest absolute Gasteiger partial charge is 0.343 e. The number of esters is 1. The molecule has 9 heteroatoms. The first-order chi connectivity index (χ1) is 16.4. The van der Waals surface area contributed by atoms with E-state index in [2.05, 4.69) is 31.8 Å². The molecule has 0 radical (unpaired) electrons. The molecule has 0 aliphatic heterocycles. The Kier molecular flexibility index (Phi) is 8.53. The molecule has 3 aromatic carbocycles. The van der Waals surface area contributed by atoms with Crippen LogP contribution >= 0.6 is 15.9 Å². The minimum Gasteiger partial charge on any atom is -0.494 e. The van der Waals surface area contributed by atoms with Crippen molar-refractivity contribution in [2.24, 2.45) is 5.10 Å². The van der Waals surface area contributed by atoms with Gasteiger partial charge in [0.25, 0.3) is 0 Å². The molecule has 0 unspecified atom stereocenters. The summed E-state index contributed by atoms with van der Waals surface area (Å²) in [5.74, 6) is -1.49. The van der Waals surface area contributed by atoms with Crippen molar-refractivity contribution in [3.63, 3.8) is 0 Å². The van der Waals surface area contributed by atoms with Gasteiger partial charge < -0.3 is 14.8 Å². The summed E-state index contributed by atoms with van der Waals surface area (Å²) in [4.78, 5) is 36.8. The van der Waals surface area contributed by atoms with Crippen molar-refractivity contribution in [1.29, 1.82) is 0 Å². The fourth-order valence-corrected chi connectivity index (χ4v) is 3.21. The molecule has 0 heterocycles. The number of nitrogens with one attached hydrogen (secondary N) is 2. The maximum Gasteiger partial charge on any atom is 0.343 e. The first-order valence-electron chi connectivity index (χ1n) is 10.3. The second kappa shape index (κ2) is 11.8. The summed E-state index contributed by atoms with van der Waals surface area (Å²) in [6, 6.07) is 18.6. The van der Waals surface area contributed by atoms with Crippen molar-refractivity contribution in [1.82, 2.24) is 5.43 Å². The van der Waals surface area contributed by atoms with Gasteiger partial charge in [-0.15, -0.1) is 0 Å². The quantitative estimate of drug-likeness (QED) is 0.156. The minimum atomic E-state index is -0.942. The van der Waals surface area contributed by atoms with E-state index in [-0.39, 0.29) is 5.75 Å². The third kappa shape index (κ3) is 6.76. The first-order valence-corrected chi connectivity index (χ1v) is 11.1. The lowest BCUT2D eigenvalue weighted by atomic mass is 10.2. The van der Waals surface area contributed by atoms with Crippen LogP contribution in [0.25, 0.3) is 0 Å². The van der Waals surface area contributed by atoms with Crippen LogP contribution < -0.4 is 20.2 Å². The molecule has 2 N–H and O–H groups in total.